The highest BCUT2D eigenvalue weighted by molar-refractivity contribution is 9.10. The van der Waals surface area contributed by atoms with Crippen molar-refractivity contribution < 1.29 is 14.2 Å². The Morgan fingerprint density at radius 2 is 1.85 bits per heavy atom. The molecular formula is C26H21BrN4O3. The van der Waals surface area contributed by atoms with E-state index in [4.69, 9.17) is 14.2 Å². The van der Waals surface area contributed by atoms with Gasteiger partial charge in [-0.05, 0) is 57.9 Å². The first-order chi connectivity index (χ1) is 16.7. The summed E-state index contributed by atoms with van der Waals surface area (Å²) >= 11 is 3.65. The van der Waals surface area contributed by atoms with Crippen LogP contribution in [-0.4, -0.2) is 29.0 Å². The first-order valence-electron chi connectivity index (χ1n) is 10.8. The third kappa shape index (κ3) is 3.25. The summed E-state index contributed by atoms with van der Waals surface area (Å²) in [5, 5.41) is 8.10. The predicted octanol–water partition coefficient (Wildman–Crippen LogP) is 5.62. The SMILES string of the molecule is COc1cccc([C@@H]2Oc3ccccc3C3=C2[C@H](c2ccc(OC)c(Br)c2)n2ncnc2N3)c1. The summed E-state index contributed by atoms with van der Waals surface area (Å²) < 4.78 is 20.4. The number of nitrogens with zero attached hydrogens (tertiary/aromatic N) is 3. The number of hydrogen-bond donors (Lipinski definition) is 1. The van der Waals surface area contributed by atoms with Crippen molar-refractivity contribution in [2.24, 2.45) is 0 Å². The number of methoxy groups -OCH3 is 2. The first kappa shape index (κ1) is 20.8. The highest BCUT2D eigenvalue weighted by atomic mass is 79.9. The lowest BCUT2D eigenvalue weighted by molar-refractivity contribution is 0.222. The second-order valence-electron chi connectivity index (χ2n) is 8.05. The molecule has 2 aliphatic rings. The standard InChI is InChI=1S/C26H21BrN4O3/c1-32-17-7-5-6-16(12-17)25-22-23(18-8-3-4-9-20(18)34-25)30-26-28-14-29-31(26)24(22)15-10-11-21(33-2)19(27)13-15/h3-14,24-25H,1-2H3,(H,28,29,30)/t24-,25-/m0/s1. The smallest absolute Gasteiger partial charge is 0.226 e. The van der Waals surface area contributed by atoms with E-state index in [1.165, 1.54) is 0 Å². The largest absolute Gasteiger partial charge is 0.497 e. The van der Waals surface area contributed by atoms with E-state index >= 15 is 0 Å². The summed E-state index contributed by atoms with van der Waals surface area (Å²) in [6.07, 6.45) is 1.20. The molecule has 0 bridgehead atoms. The van der Waals surface area contributed by atoms with Gasteiger partial charge < -0.3 is 19.5 Å². The lowest BCUT2D eigenvalue weighted by atomic mass is 9.84. The fourth-order valence-corrected chi connectivity index (χ4v) is 5.23. The van der Waals surface area contributed by atoms with E-state index in [0.29, 0.717) is 5.95 Å². The van der Waals surface area contributed by atoms with Crippen molar-refractivity contribution in [3.63, 3.8) is 0 Å². The van der Waals surface area contributed by atoms with Gasteiger partial charge in [-0.25, -0.2) is 4.68 Å². The molecule has 0 amide bonds. The van der Waals surface area contributed by atoms with Crippen LogP contribution in [0.2, 0.25) is 0 Å². The zero-order chi connectivity index (χ0) is 23.2. The summed E-state index contributed by atoms with van der Waals surface area (Å²) in [6.45, 7) is 0. The molecule has 0 unspecified atom stereocenters. The van der Waals surface area contributed by atoms with Gasteiger partial charge in [0.2, 0.25) is 5.95 Å². The Labute approximate surface area is 205 Å². The van der Waals surface area contributed by atoms with Gasteiger partial charge in [0.1, 0.15) is 35.7 Å². The average Bonchev–Trinajstić information content (AvgIpc) is 3.35. The van der Waals surface area contributed by atoms with Crippen molar-refractivity contribution in [2.45, 2.75) is 12.1 Å². The van der Waals surface area contributed by atoms with Crippen LogP contribution in [0.3, 0.4) is 0 Å². The molecule has 170 valence electrons. The molecule has 0 saturated carbocycles. The van der Waals surface area contributed by atoms with Crippen LogP contribution in [0.15, 0.2) is 83.1 Å². The second-order valence-corrected chi connectivity index (χ2v) is 8.91. The van der Waals surface area contributed by atoms with Crippen LogP contribution in [0.5, 0.6) is 17.2 Å². The van der Waals surface area contributed by atoms with Crippen molar-refractivity contribution in [1.82, 2.24) is 14.8 Å². The van der Waals surface area contributed by atoms with E-state index in [1.807, 2.05) is 47.1 Å². The minimum atomic E-state index is -0.365. The number of nitrogens with one attached hydrogen (secondary N) is 1. The Kier molecular flexibility index (Phi) is 5.03. The number of para-hydroxylation sites is 1. The molecule has 0 fully saturated rings. The van der Waals surface area contributed by atoms with Crippen LogP contribution in [0.4, 0.5) is 5.95 Å². The van der Waals surface area contributed by atoms with E-state index in [2.05, 4.69) is 55.6 Å². The third-order valence-corrected chi connectivity index (χ3v) is 6.83. The van der Waals surface area contributed by atoms with Gasteiger partial charge in [0, 0.05) is 16.7 Å². The molecule has 7 nitrogen and oxygen atoms in total. The summed E-state index contributed by atoms with van der Waals surface area (Å²) in [4.78, 5) is 4.49. The minimum absolute atomic E-state index is 0.250. The van der Waals surface area contributed by atoms with Crippen LogP contribution in [0, 0.1) is 0 Å². The number of fused-ring (bicyclic) bond motifs is 3. The van der Waals surface area contributed by atoms with Gasteiger partial charge in [0.15, 0.2) is 0 Å². The van der Waals surface area contributed by atoms with E-state index < -0.39 is 0 Å². The summed E-state index contributed by atoms with van der Waals surface area (Å²) in [5.74, 6) is 3.03. The summed E-state index contributed by atoms with van der Waals surface area (Å²) in [6, 6.07) is 21.9. The molecule has 34 heavy (non-hydrogen) atoms. The van der Waals surface area contributed by atoms with Crippen LogP contribution < -0.4 is 19.5 Å². The molecule has 2 aliphatic heterocycles. The number of anilines is 1. The van der Waals surface area contributed by atoms with Crippen LogP contribution >= 0.6 is 15.9 Å². The summed E-state index contributed by atoms with van der Waals surface area (Å²) in [7, 11) is 3.33. The van der Waals surface area contributed by atoms with Crippen LogP contribution in [-0.2, 0) is 0 Å². The molecule has 4 aromatic rings. The topological polar surface area (TPSA) is 70.4 Å². The number of benzene rings is 3. The monoisotopic (exact) mass is 516 g/mol. The van der Waals surface area contributed by atoms with Gasteiger partial charge in [-0.15, -0.1) is 0 Å². The Hall–Kier alpha value is -3.78. The normalized spacial score (nSPS) is 18.2. The quantitative estimate of drug-likeness (QED) is 0.379. The molecule has 0 radical (unpaired) electrons. The fraction of sp³-hybridized carbons (Fsp3) is 0.154. The minimum Gasteiger partial charge on any atom is -0.497 e. The molecule has 3 heterocycles. The lowest BCUT2D eigenvalue weighted by Crippen LogP contribution is -2.32. The first-order valence-corrected chi connectivity index (χ1v) is 11.6. The molecule has 0 aliphatic carbocycles. The highest BCUT2D eigenvalue weighted by Gasteiger charge is 2.41. The van der Waals surface area contributed by atoms with Crippen molar-refractivity contribution in [3.05, 3.63) is 99.8 Å². The van der Waals surface area contributed by atoms with Gasteiger partial charge in [0.05, 0.1) is 24.4 Å². The molecule has 8 heteroatoms. The van der Waals surface area contributed by atoms with Crippen LogP contribution in [0.25, 0.3) is 5.70 Å². The average molecular weight is 517 g/mol. The molecule has 2 atom stereocenters. The van der Waals surface area contributed by atoms with Crippen molar-refractivity contribution in [2.75, 3.05) is 19.5 Å². The maximum absolute atomic E-state index is 6.65. The molecule has 0 saturated heterocycles. The fourth-order valence-electron chi connectivity index (χ4n) is 4.67. The predicted molar refractivity (Wildman–Crippen MR) is 132 cm³/mol. The maximum Gasteiger partial charge on any atom is 0.226 e. The van der Waals surface area contributed by atoms with Gasteiger partial charge in [-0.2, -0.15) is 10.1 Å². The lowest BCUT2D eigenvalue weighted by Gasteiger charge is -2.39. The van der Waals surface area contributed by atoms with Gasteiger partial charge in [-0.3, -0.25) is 0 Å². The Bertz CT molecular complexity index is 1430. The zero-order valence-electron chi connectivity index (χ0n) is 18.5. The van der Waals surface area contributed by atoms with E-state index in [9.17, 15) is 0 Å². The third-order valence-electron chi connectivity index (χ3n) is 6.21. The Morgan fingerprint density at radius 3 is 2.68 bits per heavy atom. The number of hydrogen-bond acceptors (Lipinski definition) is 6. The highest BCUT2D eigenvalue weighted by Crippen LogP contribution is 2.51. The van der Waals surface area contributed by atoms with E-state index in [0.717, 1.165) is 49.7 Å². The van der Waals surface area contributed by atoms with E-state index in [1.54, 1.807) is 20.5 Å². The summed E-state index contributed by atoms with van der Waals surface area (Å²) in [5.41, 5.74) is 5.03. The molecule has 0 spiro atoms. The number of halogens is 1. The number of ether oxygens (including phenoxy) is 3. The molecular weight excluding hydrogens is 496 g/mol. The van der Waals surface area contributed by atoms with Crippen molar-refractivity contribution in [3.8, 4) is 17.2 Å². The number of rotatable bonds is 4. The Balaban J connectivity index is 1.61. The van der Waals surface area contributed by atoms with Gasteiger partial charge in [0.25, 0.3) is 0 Å². The van der Waals surface area contributed by atoms with Crippen molar-refractivity contribution >= 4 is 27.6 Å². The zero-order valence-corrected chi connectivity index (χ0v) is 20.1. The molecule has 3 aromatic carbocycles. The van der Waals surface area contributed by atoms with E-state index in [-0.39, 0.29) is 12.1 Å². The molecule has 1 aromatic heterocycles. The Morgan fingerprint density at radius 1 is 0.971 bits per heavy atom. The molecule has 1 N–H and O–H groups in total. The number of aromatic nitrogens is 3. The maximum atomic E-state index is 6.65. The molecule has 6 rings (SSSR count). The second kappa shape index (κ2) is 8.22. The van der Waals surface area contributed by atoms with Crippen LogP contribution in [0.1, 0.15) is 28.8 Å². The van der Waals surface area contributed by atoms with Gasteiger partial charge in [-0.1, -0.05) is 30.3 Å². The van der Waals surface area contributed by atoms with Gasteiger partial charge >= 0.3 is 0 Å². The van der Waals surface area contributed by atoms with Crippen molar-refractivity contribution in [1.29, 1.82) is 0 Å².